The van der Waals surface area contributed by atoms with E-state index in [0.29, 0.717) is 34.3 Å². The summed E-state index contributed by atoms with van der Waals surface area (Å²) in [7, 11) is 1.30. The van der Waals surface area contributed by atoms with E-state index in [1.807, 2.05) is 52.0 Å². The lowest BCUT2D eigenvalue weighted by molar-refractivity contribution is -0.147. The quantitative estimate of drug-likeness (QED) is 0.324. The van der Waals surface area contributed by atoms with Crippen molar-refractivity contribution in [3.05, 3.63) is 76.3 Å². The van der Waals surface area contributed by atoms with E-state index in [1.54, 1.807) is 26.0 Å². The van der Waals surface area contributed by atoms with Gasteiger partial charge in [0.05, 0.1) is 12.7 Å². The van der Waals surface area contributed by atoms with Gasteiger partial charge in [-0.25, -0.2) is 19.7 Å². The minimum absolute atomic E-state index is 0.0288. The molecule has 4 aromatic rings. The molecule has 1 unspecified atom stereocenters. The molecule has 0 radical (unpaired) electrons. The van der Waals surface area contributed by atoms with Crippen molar-refractivity contribution in [1.82, 2.24) is 15.0 Å². The number of methoxy groups -OCH3 is 1. The highest BCUT2D eigenvalue weighted by molar-refractivity contribution is 5.76. The van der Waals surface area contributed by atoms with Crippen LogP contribution in [-0.4, -0.2) is 39.2 Å². The molecular formula is C30H31N3O4. The van der Waals surface area contributed by atoms with Gasteiger partial charge in [0.15, 0.2) is 23.6 Å². The van der Waals surface area contributed by atoms with Crippen LogP contribution in [-0.2, 0) is 9.53 Å². The molecule has 1 aromatic heterocycles. The van der Waals surface area contributed by atoms with Crippen LogP contribution in [0.25, 0.3) is 34.2 Å². The van der Waals surface area contributed by atoms with E-state index >= 15 is 0 Å². The van der Waals surface area contributed by atoms with Crippen LogP contribution in [0.15, 0.2) is 48.5 Å². The zero-order valence-corrected chi connectivity index (χ0v) is 22.2. The molecule has 1 heterocycles. The molecule has 0 bridgehead atoms. The molecule has 37 heavy (non-hydrogen) atoms. The van der Waals surface area contributed by atoms with Crippen LogP contribution in [0.5, 0.6) is 11.5 Å². The van der Waals surface area contributed by atoms with Gasteiger partial charge in [0.25, 0.3) is 0 Å². The summed E-state index contributed by atoms with van der Waals surface area (Å²) < 4.78 is 10.5. The van der Waals surface area contributed by atoms with Crippen LogP contribution in [0.2, 0.25) is 0 Å². The normalized spacial score (nSPS) is 11.8. The molecule has 0 aliphatic carbocycles. The number of carbonyl (C=O) groups excluding carboxylic acids is 1. The third kappa shape index (κ3) is 5.31. The van der Waals surface area contributed by atoms with Gasteiger partial charge < -0.3 is 14.6 Å². The van der Waals surface area contributed by atoms with Crippen molar-refractivity contribution < 1.29 is 19.4 Å². The lowest BCUT2D eigenvalue weighted by atomic mass is 10.0. The summed E-state index contributed by atoms with van der Waals surface area (Å²) in [5, 5.41) is 11.1. The molecular weight excluding hydrogens is 466 g/mol. The third-order valence-corrected chi connectivity index (χ3v) is 6.34. The number of rotatable bonds is 6. The predicted molar refractivity (Wildman–Crippen MR) is 144 cm³/mol. The maximum Gasteiger partial charge on any atom is 0.346 e. The summed E-state index contributed by atoms with van der Waals surface area (Å²) in [6.07, 6.45) is -0.821. The van der Waals surface area contributed by atoms with E-state index in [0.717, 1.165) is 33.4 Å². The van der Waals surface area contributed by atoms with Crippen molar-refractivity contribution in [2.24, 2.45) is 0 Å². The molecule has 0 amide bonds. The fourth-order valence-electron chi connectivity index (χ4n) is 4.26. The van der Waals surface area contributed by atoms with Crippen LogP contribution in [0.3, 0.4) is 0 Å². The Bertz CT molecular complexity index is 1430. The Balaban J connectivity index is 1.88. The highest BCUT2D eigenvalue weighted by atomic mass is 16.6. The number of phenols is 1. The van der Waals surface area contributed by atoms with E-state index in [4.69, 9.17) is 24.4 Å². The maximum absolute atomic E-state index is 11.8. The van der Waals surface area contributed by atoms with Crippen LogP contribution in [0, 0.1) is 34.6 Å². The molecule has 0 aliphatic rings. The minimum atomic E-state index is -0.821. The van der Waals surface area contributed by atoms with Gasteiger partial charge in [-0.2, -0.15) is 0 Å². The molecule has 7 heteroatoms. The fraction of sp³-hybridized carbons (Fsp3) is 0.267. The number of hydrogen-bond acceptors (Lipinski definition) is 7. The van der Waals surface area contributed by atoms with Gasteiger partial charge in [0.2, 0.25) is 0 Å². The SMILES string of the molecule is COC(=O)C(C)Oc1ccc(-c2nc(-c3ccc(C)cc3C)nc(-c3ccc(C)cc3C)n2)c(O)c1C. The fourth-order valence-corrected chi connectivity index (χ4v) is 4.26. The molecule has 0 aliphatic heterocycles. The second-order valence-corrected chi connectivity index (χ2v) is 9.31. The number of hydrogen-bond donors (Lipinski definition) is 1. The number of phenolic OH excluding ortho intramolecular Hbond substituents is 1. The lowest BCUT2D eigenvalue weighted by Crippen LogP contribution is -2.25. The average Bonchev–Trinajstić information content (AvgIpc) is 2.86. The molecule has 0 saturated carbocycles. The summed E-state index contributed by atoms with van der Waals surface area (Å²) in [5.74, 6) is 1.23. The Morgan fingerprint density at radius 3 is 1.68 bits per heavy atom. The van der Waals surface area contributed by atoms with Crippen LogP contribution in [0.1, 0.15) is 34.7 Å². The summed E-state index contributed by atoms with van der Waals surface area (Å²) >= 11 is 0. The molecule has 0 fully saturated rings. The Labute approximate surface area is 217 Å². The molecule has 3 aromatic carbocycles. The number of benzene rings is 3. The van der Waals surface area contributed by atoms with Gasteiger partial charge in [0.1, 0.15) is 11.5 Å². The van der Waals surface area contributed by atoms with Crippen molar-refractivity contribution >= 4 is 5.97 Å². The van der Waals surface area contributed by atoms with Gasteiger partial charge in [-0.3, -0.25) is 0 Å². The number of ether oxygens (including phenoxy) is 2. The zero-order valence-electron chi connectivity index (χ0n) is 22.2. The third-order valence-electron chi connectivity index (χ3n) is 6.34. The number of carbonyl (C=O) groups is 1. The monoisotopic (exact) mass is 497 g/mol. The van der Waals surface area contributed by atoms with Gasteiger partial charge in [-0.15, -0.1) is 0 Å². The standard InChI is InChI=1S/C30H31N3O4/c1-16-8-10-22(18(3)14-16)27-31-28(23-11-9-17(2)15-19(23)4)33-29(32-27)24-12-13-25(20(5)26(24)34)37-21(6)30(35)36-7/h8-15,21,34H,1-7H3. The molecule has 1 atom stereocenters. The number of nitrogens with zero attached hydrogens (tertiary/aromatic N) is 3. The Morgan fingerprint density at radius 1 is 0.757 bits per heavy atom. The molecule has 0 spiro atoms. The average molecular weight is 498 g/mol. The molecule has 190 valence electrons. The van der Waals surface area contributed by atoms with E-state index in [9.17, 15) is 9.90 Å². The molecule has 7 nitrogen and oxygen atoms in total. The highest BCUT2D eigenvalue weighted by Gasteiger charge is 2.21. The van der Waals surface area contributed by atoms with Crippen molar-refractivity contribution in [2.45, 2.75) is 47.6 Å². The molecule has 4 rings (SSSR count). The Morgan fingerprint density at radius 2 is 1.22 bits per heavy atom. The maximum atomic E-state index is 11.8. The highest BCUT2D eigenvalue weighted by Crippen LogP contribution is 2.37. The summed E-state index contributed by atoms with van der Waals surface area (Å²) in [4.78, 5) is 26.2. The first kappa shape index (κ1) is 25.8. The van der Waals surface area contributed by atoms with Crippen LogP contribution >= 0.6 is 0 Å². The largest absolute Gasteiger partial charge is 0.507 e. The number of aromatic hydroxyl groups is 1. The van der Waals surface area contributed by atoms with Crippen molar-refractivity contribution in [3.63, 3.8) is 0 Å². The number of esters is 1. The number of aryl methyl sites for hydroxylation is 4. The lowest BCUT2D eigenvalue weighted by Gasteiger charge is -2.17. The van der Waals surface area contributed by atoms with Crippen LogP contribution < -0.4 is 4.74 Å². The van der Waals surface area contributed by atoms with Gasteiger partial charge in [-0.05, 0) is 64.8 Å². The van der Waals surface area contributed by atoms with Crippen molar-refractivity contribution in [1.29, 1.82) is 0 Å². The van der Waals surface area contributed by atoms with Crippen molar-refractivity contribution in [2.75, 3.05) is 7.11 Å². The van der Waals surface area contributed by atoms with Gasteiger partial charge in [0, 0.05) is 16.7 Å². The Kier molecular flexibility index (Phi) is 7.25. The van der Waals surface area contributed by atoms with Crippen LogP contribution in [0.4, 0.5) is 0 Å². The smallest absolute Gasteiger partial charge is 0.346 e. The van der Waals surface area contributed by atoms with Crippen molar-refractivity contribution in [3.8, 4) is 45.7 Å². The van der Waals surface area contributed by atoms with E-state index < -0.39 is 12.1 Å². The second-order valence-electron chi connectivity index (χ2n) is 9.31. The molecule has 0 saturated heterocycles. The summed E-state index contributed by atoms with van der Waals surface area (Å²) in [5.41, 5.74) is 7.08. The first-order valence-corrected chi connectivity index (χ1v) is 12.1. The first-order valence-electron chi connectivity index (χ1n) is 12.1. The van der Waals surface area contributed by atoms with E-state index in [2.05, 4.69) is 12.1 Å². The Hall–Kier alpha value is -4.26. The molecule has 1 N–H and O–H groups in total. The summed E-state index contributed by atoms with van der Waals surface area (Å²) in [6, 6.07) is 15.6. The topological polar surface area (TPSA) is 94.4 Å². The number of aromatic nitrogens is 3. The van der Waals surface area contributed by atoms with Gasteiger partial charge in [-0.1, -0.05) is 47.5 Å². The zero-order chi connectivity index (χ0) is 26.9. The minimum Gasteiger partial charge on any atom is -0.507 e. The first-order chi connectivity index (χ1) is 17.6. The second kappa shape index (κ2) is 10.4. The van der Waals surface area contributed by atoms with E-state index in [1.165, 1.54) is 7.11 Å². The van der Waals surface area contributed by atoms with Gasteiger partial charge >= 0.3 is 5.97 Å². The summed E-state index contributed by atoms with van der Waals surface area (Å²) in [6.45, 7) is 11.5. The van der Waals surface area contributed by atoms with E-state index in [-0.39, 0.29) is 5.75 Å². The predicted octanol–water partition coefficient (Wildman–Crippen LogP) is 6.06.